The van der Waals surface area contributed by atoms with Gasteiger partial charge in [0.1, 0.15) is 5.82 Å². The van der Waals surface area contributed by atoms with Crippen LogP contribution in [0.3, 0.4) is 0 Å². The van der Waals surface area contributed by atoms with E-state index in [-0.39, 0.29) is 36.7 Å². The number of benzene rings is 2. The summed E-state index contributed by atoms with van der Waals surface area (Å²) in [6.45, 7) is 3.77. The first-order valence-electron chi connectivity index (χ1n) is 10.3. The normalized spacial score (nSPS) is 15.2. The third kappa shape index (κ3) is 6.89. The zero-order valence-corrected chi connectivity index (χ0v) is 17.5. The van der Waals surface area contributed by atoms with E-state index in [4.69, 9.17) is 0 Å². The molecule has 1 heterocycles. The Labute approximate surface area is 181 Å². The lowest BCUT2D eigenvalue weighted by molar-refractivity contribution is -0.133. The molecule has 0 spiro atoms. The molecular weight excluding hydrogens is 399 g/mol. The molecule has 0 aromatic heterocycles. The van der Waals surface area contributed by atoms with E-state index in [1.165, 1.54) is 19.1 Å². The quantitative estimate of drug-likeness (QED) is 0.711. The van der Waals surface area contributed by atoms with Gasteiger partial charge in [-0.05, 0) is 23.8 Å². The fraction of sp³-hybridized carbons (Fsp3) is 0.348. The summed E-state index contributed by atoms with van der Waals surface area (Å²) in [7, 11) is 0. The molecule has 1 atom stereocenters. The number of carbonyl (C=O) groups is 3. The van der Waals surface area contributed by atoms with Crippen molar-refractivity contribution >= 4 is 23.4 Å². The molecular formula is C23H27FN4O3. The van der Waals surface area contributed by atoms with Gasteiger partial charge in [0.25, 0.3) is 0 Å². The average molecular weight is 426 g/mol. The third-order valence-corrected chi connectivity index (χ3v) is 5.16. The molecule has 3 rings (SSSR count). The lowest BCUT2D eigenvalue weighted by atomic mass is 10.0. The van der Waals surface area contributed by atoms with Crippen molar-refractivity contribution in [3.8, 4) is 0 Å². The predicted octanol–water partition coefficient (Wildman–Crippen LogP) is 2.18. The number of rotatable bonds is 7. The summed E-state index contributed by atoms with van der Waals surface area (Å²) in [5.41, 5.74) is 1.31. The van der Waals surface area contributed by atoms with Gasteiger partial charge in [0.15, 0.2) is 0 Å². The Balaban J connectivity index is 1.48. The zero-order chi connectivity index (χ0) is 22.2. The summed E-state index contributed by atoms with van der Waals surface area (Å²) in [5, 5.41) is 5.54. The van der Waals surface area contributed by atoms with Crippen molar-refractivity contribution in [1.82, 2.24) is 15.1 Å². The molecule has 2 aromatic rings. The van der Waals surface area contributed by atoms with Crippen LogP contribution in [0.1, 0.15) is 24.9 Å². The molecule has 3 amide bonds. The van der Waals surface area contributed by atoms with E-state index in [9.17, 15) is 18.8 Å². The van der Waals surface area contributed by atoms with Crippen LogP contribution in [-0.2, 0) is 14.4 Å². The Morgan fingerprint density at radius 3 is 2.35 bits per heavy atom. The maximum atomic E-state index is 13.2. The molecule has 31 heavy (non-hydrogen) atoms. The Morgan fingerprint density at radius 2 is 1.71 bits per heavy atom. The van der Waals surface area contributed by atoms with Crippen LogP contribution in [0.25, 0.3) is 0 Å². The second-order valence-electron chi connectivity index (χ2n) is 7.58. The monoisotopic (exact) mass is 426 g/mol. The van der Waals surface area contributed by atoms with Gasteiger partial charge in [-0.2, -0.15) is 0 Å². The minimum Gasteiger partial charge on any atom is -0.349 e. The lowest BCUT2D eigenvalue weighted by Crippen LogP contribution is -2.51. The van der Waals surface area contributed by atoms with Crippen LogP contribution in [0.2, 0.25) is 0 Å². The van der Waals surface area contributed by atoms with Crippen LogP contribution >= 0.6 is 0 Å². The van der Waals surface area contributed by atoms with Gasteiger partial charge in [-0.3, -0.25) is 19.3 Å². The van der Waals surface area contributed by atoms with E-state index in [0.29, 0.717) is 31.9 Å². The summed E-state index contributed by atoms with van der Waals surface area (Å²) < 4.78 is 13.2. The Hall–Kier alpha value is -3.26. The Bertz CT molecular complexity index is 914. The van der Waals surface area contributed by atoms with Gasteiger partial charge in [0.05, 0.1) is 19.0 Å². The molecule has 0 radical (unpaired) electrons. The van der Waals surface area contributed by atoms with Gasteiger partial charge >= 0.3 is 0 Å². The van der Waals surface area contributed by atoms with E-state index in [2.05, 4.69) is 10.6 Å². The van der Waals surface area contributed by atoms with Gasteiger partial charge in [-0.15, -0.1) is 0 Å². The predicted molar refractivity (Wildman–Crippen MR) is 116 cm³/mol. The first-order chi connectivity index (χ1) is 14.9. The number of amides is 3. The van der Waals surface area contributed by atoms with E-state index < -0.39 is 5.82 Å². The molecule has 1 aliphatic heterocycles. The van der Waals surface area contributed by atoms with Crippen molar-refractivity contribution in [3.63, 3.8) is 0 Å². The van der Waals surface area contributed by atoms with Crippen LogP contribution in [0, 0.1) is 5.82 Å². The first-order valence-corrected chi connectivity index (χ1v) is 10.3. The molecule has 1 fully saturated rings. The number of halogens is 1. The number of carbonyl (C=O) groups excluding carboxylic acids is 3. The highest BCUT2D eigenvalue weighted by Crippen LogP contribution is 2.18. The van der Waals surface area contributed by atoms with Gasteiger partial charge in [0, 0.05) is 38.8 Å². The first kappa shape index (κ1) is 22.4. The second kappa shape index (κ2) is 10.7. The number of hydrogen-bond acceptors (Lipinski definition) is 4. The second-order valence-corrected chi connectivity index (χ2v) is 7.58. The maximum absolute atomic E-state index is 13.2. The van der Waals surface area contributed by atoms with Crippen LogP contribution in [0.4, 0.5) is 10.1 Å². The van der Waals surface area contributed by atoms with Crippen molar-refractivity contribution < 1.29 is 18.8 Å². The zero-order valence-electron chi connectivity index (χ0n) is 17.5. The molecule has 0 aliphatic carbocycles. The molecule has 2 aromatic carbocycles. The molecule has 2 N–H and O–H groups in total. The van der Waals surface area contributed by atoms with Gasteiger partial charge in [-0.1, -0.05) is 36.4 Å². The molecule has 1 saturated heterocycles. The Morgan fingerprint density at radius 1 is 1.00 bits per heavy atom. The van der Waals surface area contributed by atoms with Gasteiger partial charge < -0.3 is 15.5 Å². The van der Waals surface area contributed by atoms with E-state index in [1.54, 1.807) is 17.0 Å². The van der Waals surface area contributed by atoms with Crippen LogP contribution < -0.4 is 10.6 Å². The largest absolute Gasteiger partial charge is 0.349 e. The molecule has 8 heteroatoms. The van der Waals surface area contributed by atoms with E-state index in [1.807, 2.05) is 35.2 Å². The fourth-order valence-corrected chi connectivity index (χ4v) is 3.61. The molecule has 7 nitrogen and oxygen atoms in total. The van der Waals surface area contributed by atoms with Crippen molar-refractivity contribution in [1.29, 1.82) is 0 Å². The SMILES string of the molecule is CC(=O)N[C@H](CC(=O)N1CCN(CC(=O)Nc2cccc(F)c2)CC1)c1ccccc1. The summed E-state index contributed by atoms with van der Waals surface area (Å²) in [4.78, 5) is 40.3. The van der Waals surface area contributed by atoms with Crippen LogP contribution in [0.15, 0.2) is 54.6 Å². The van der Waals surface area contributed by atoms with Crippen molar-refractivity contribution in [3.05, 3.63) is 66.0 Å². The molecule has 0 saturated carbocycles. The summed E-state index contributed by atoms with van der Waals surface area (Å²) >= 11 is 0. The minimum atomic E-state index is -0.405. The number of hydrogen-bond donors (Lipinski definition) is 2. The number of nitrogens with zero attached hydrogens (tertiary/aromatic N) is 2. The van der Waals surface area contributed by atoms with Crippen LogP contribution in [0.5, 0.6) is 0 Å². The Kier molecular flexibility index (Phi) is 7.72. The van der Waals surface area contributed by atoms with Crippen molar-refractivity contribution in [2.24, 2.45) is 0 Å². The van der Waals surface area contributed by atoms with Gasteiger partial charge in [0.2, 0.25) is 17.7 Å². The fourth-order valence-electron chi connectivity index (χ4n) is 3.61. The maximum Gasteiger partial charge on any atom is 0.238 e. The number of anilines is 1. The topological polar surface area (TPSA) is 81.8 Å². The highest BCUT2D eigenvalue weighted by Gasteiger charge is 2.25. The molecule has 1 aliphatic rings. The van der Waals surface area contributed by atoms with Crippen LogP contribution in [-0.4, -0.2) is 60.2 Å². The minimum absolute atomic E-state index is 0.0357. The smallest absolute Gasteiger partial charge is 0.238 e. The van der Waals surface area contributed by atoms with E-state index in [0.717, 1.165) is 5.56 Å². The van der Waals surface area contributed by atoms with Crippen molar-refractivity contribution in [2.75, 3.05) is 38.0 Å². The molecule has 0 unspecified atom stereocenters. The highest BCUT2D eigenvalue weighted by atomic mass is 19.1. The summed E-state index contributed by atoms with van der Waals surface area (Å²) in [6.07, 6.45) is 0.184. The number of nitrogens with one attached hydrogen (secondary N) is 2. The third-order valence-electron chi connectivity index (χ3n) is 5.16. The standard InChI is InChI=1S/C23H27FN4O3/c1-17(29)25-21(18-6-3-2-4-7-18)15-23(31)28-12-10-27(11-13-28)16-22(30)26-20-9-5-8-19(24)14-20/h2-9,14,21H,10-13,15-16H2,1H3,(H,25,29)(H,26,30)/t21-/m1/s1. The number of piperazine rings is 1. The molecule has 0 bridgehead atoms. The summed E-state index contributed by atoms with van der Waals surface area (Å²) in [5.74, 6) is -0.847. The highest BCUT2D eigenvalue weighted by molar-refractivity contribution is 5.92. The molecule has 164 valence electrons. The van der Waals surface area contributed by atoms with Gasteiger partial charge in [-0.25, -0.2) is 4.39 Å². The lowest BCUT2D eigenvalue weighted by Gasteiger charge is -2.35. The average Bonchev–Trinajstić information content (AvgIpc) is 2.74. The van der Waals surface area contributed by atoms with E-state index >= 15 is 0 Å². The summed E-state index contributed by atoms with van der Waals surface area (Å²) in [6, 6.07) is 14.8. The van der Waals surface area contributed by atoms with Crippen molar-refractivity contribution in [2.45, 2.75) is 19.4 Å².